The Morgan fingerprint density at radius 1 is 0.938 bits per heavy atom. The summed E-state index contributed by atoms with van der Waals surface area (Å²) in [7, 11) is 0. The minimum Gasteiger partial charge on any atom is -0.508 e. The molecule has 82 valence electrons. The molecule has 16 heavy (non-hydrogen) atoms. The Kier molecular flexibility index (Phi) is 2.82. The lowest BCUT2D eigenvalue weighted by atomic mass is 10.0. The summed E-state index contributed by atoms with van der Waals surface area (Å²) in [6, 6.07) is 12.6. The van der Waals surface area contributed by atoms with Crippen LogP contribution in [0, 0.1) is 0 Å². The Morgan fingerprint density at radius 3 is 2.25 bits per heavy atom. The Hall–Kier alpha value is -1.96. The van der Waals surface area contributed by atoms with Crippen LogP contribution in [-0.4, -0.2) is 10.2 Å². The summed E-state index contributed by atoms with van der Waals surface area (Å²) in [4.78, 5) is 0. The molecule has 2 aromatic rings. The van der Waals surface area contributed by atoms with E-state index in [-0.39, 0.29) is 5.75 Å². The van der Waals surface area contributed by atoms with Gasteiger partial charge in [-0.15, -0.1) is 0 Å². The third kappa shape index (κ3) is 1.87. The maximum atomic E-state index is 10.0. The van der Waals surface area contributed by atoms with Crippen LogP contribution in [-0.2, 0) is 6.42 Å². The largest absolute Gasteiger partial charge is 0.508 e. The SMILES string of the molecule is CCc1cccc(-c2ccc(O)cc2)c1O. The molecule has 0 spiro atoms. The van der Waals surface area contributed by atoms with E-state index < -0.39 is 0 Å². The van der Waals surface area contributed by atoms with Crippen molar-refractivity contribution >= 4 is 0 Å². The fourth-order valence-corrected chi connectivity index (χ4v) is 1.75. The summed E-state index contributed by atoms with van der Waals surface area (Å²) in [5, 5.41) is 19.3. The van der Waals surface area contributed by atoms with E-state index in [0.29, 0.717) is 5.75 Å². The highest BCUT2D eigenvalue weighted by Gasteiger charge is 2.07. The fraction of sp³-hybridized carbons (Fsp3) is 0.143. The molecule has 0 radical (unpaired) electrons. The van der Waals surface area contributed by atoms with E-state index in [2.05, 4.69) is 0 Å². The second-order valence-electron chi connectivity index (χ2n) is 3.71. The van der Waals surface area contributed by atoms with Crippen LogP contribution in [0.4, 0.5) is 0 Å². The highest BCUT2D eigenvalue weighted by atomic mass is 16.3. The van der Waals surface area contributed by atoms with E-state index in [0.717, 1.165) is 23.1 Å². The van der Waals surface area contributed by atoms with E-state index in [4.69, 9.17) is 0 Å². The van der Waals surface area contributed by atoms with Crippen LogP contribution in [0.3, 0.4) is 0 Å². The third-order valence-electron chi connectivity index (χ3n) is 2.68. The highest BCUT2D eigenvalue weighted by molar-refractivity contribution is 5.72. The van der Waals surface area contributed by atoms with Gasteiger partial charge >= 0.3 is 0 Å². The van der Waals surface area contributed by atoms with E-state index in [1.165, 1.54) is 0 Å². The lowest BCUT2D eigenvalue weighted by molar-refractivity contribution is 0.470. The molecule has 0 atom stereocenters. The summed E-state index contributed by atoms with van der Waals surface area (Å²) in [6.07, 6.45) is 0.803. The van der Waals surface area contributed by atoms with Crippen LogP contribution in [0.15, 0.2) is 42.5 Å². The van der Waals surface area contributed by atoms with Crippen molar-refractivity contribution in [1.82, 2.24) is 0 Å². The molecule has 2 N–H and O–H groups in total. The van der Waals surface area contributed by atoms with Gasteiger partial charge in [0.15, 0.2) is 0 Å². The second-order valence-corrected chi connectivity index (χ2v) is 3.71. The summed E-state index contributed by atoms with van der Waals surface area (Å²) in [5.41, 5.74) is 2.65. The molecule has 2 nitrogen and oxygen atoms in total. The minimum atomic E-state index is 0.231. The van der Waals surface area contributed by atoms with Crippen molar-refractivity contribution in [1.29, 1.82) is 0 Å². The molecule has 0 aliphatic carbocycles. The first-order valence-electron chi connectivity index (χ1n) is 5.32. The van der Waals surface area contributed by atoms with Gasteiger partial charge in [0, 0.05) is 5.56 Å². The molecule has 2 heteroatoms. The van der Waals surface area contributed by atoms with Gasteiger partial charge in [0.1, 0.15) is 11.5 Å². The van der Waals surface area contributed by atoms with Crippen LogP contribution in [0.1, 0.15) is 12.5 Å². The summed E-state index contributed by atoms with van der Waals surface area (Å²) in [6.45, 7) is 2.01. The molecule has 2 aromatic carbocycles. The van der Waals surface area contributed by atoms with Gasteiger partial charge in [-0.1, -0.05) is 37.3 Å². The van der Waals surface area contributed by atoms with Gasteiger partial charge in [0.2, 0.25) is 0 Å². The molecule has 0 aromatic heterocycles. The monoisotopic (exact) mass is 214 g/mol. The standard InChI is InChI=1S/C14H14O2/c1-2-10-4-3-5-13(14(10)16)11-6-8-12(15)9-7-11/h3-9,15-16H,2H2,1H3. The number of hydrogen-bond acceptors (Lipinski definition) is 2. The van der Waals surface area contributed by atoms with Gasteiger partial charge in [-0.3, -0.25) is 0 Å². The van der Waals surface area contributed by atoms with Crippen molar-refractivity contribution in [2.45, 2.75) is 13.3 Å². The molecular formula is C14H14O2. The first-order chi connectivity index (χ1) is 7.72. The van der Waals surface area contributed by atoms with Crippen molar-refractivity contribution in [2.24, 2.45) is 0 Å². The maximum Gasteiger partial charge on any atom is 0.126 e. The predicted molar refractivity (Wildman–Crippen MR) is 64.6 cm³/mol. The Bertz CT molecular complexity index is 487. The van der Waals surface area contributed by atoms with Crippen molar-refractivity contribution < 1.29 is 10.2 Å². The smallest absolute Gasteiger partial charge is 0.126 e. The number of phenols is 2. The van der Waals surface area contributed by atoms with E-state index in [1.54, 1.807) is 24.3 Å². The lowest BCUT2D eigenvalue weighted by Gasteiger charge is -2.08. The number of rotatable bonds is 2. The van der Waals surface area contributed by atoms with E-state index in [9.17, 15) is 10.2 Å². The fourth-order valence-electron chi connectivity index (χ4n) is 1.75. The number of hydrogen-bond donors (Lipinski definition) is 2. The molecule has 0 bridgehead atoms. The second kappa shape index (κ2) is 4.27. The van der Waals surface area contributed by atoms with Crippen LogP contribution in [0.2, 0.25) is 0 Å². The van der Waals surface area contributed by atoms with Crippen LogP contribution >= 0.6 is 0 Å². The van der Waals surface area contributed by atoms with Crippen LogP contribution in [0.5, 0.6) is 11.5 Å². The highest BCUT2D eigenvalue weighted by Crippen LogP contribution is 2.32. The Morgan fingerprint density at radius 2 is 1.62 bits per heavy atom. The van der Waals surface area contributed by atoms with Crippen LogP contribution in [0.25, 0.3) is 11.1 Å². The molecule has 0 amide bonds. The lowest BCUT2D eigenvalue weighted by Crippen LogP contribution is -1.85. The van der Waals surface area contributed by atoms with Gasteiger partial charge in [0.05, 0.1) is 0 Å². The minimum absolute atomic E-state index is 0.231. The zero-order chi connectivity index (χ0) is 11.5. The molecule has 2 rings (SSSR count). The topological polar surface area (TPSA) is 40.5 Å². The number of aryl methyl sites for hydroxylation is 1. The van der Waals surface area contributed by atoms with Crippen molar-refractivity contribution in [3.8, 4) is 22.6 Å². The number of benzene rings is 2. The van der Waals surface area contributed by atoms with Crippen molar-refractivity contribution in [2.75, 3.05) is 0 Å². The summed E-state index contributed by atoms with van der Waals surface area (Å²) in [5.74, 6) is 0.561. The molecular weight excluding hydrogens is 200 g/mol. The van der Waals surface area contributed by atoms with Gasteiger partial charge in [-0.05, 0) is 29.7 Å². The van der Waals surface area contributed by atoms with Gasteiger partial charge in [-0.25, -0.2) is 0 Å². The summed E-state index contributed by atoms with van der Waals surface area (Å²) >= 11 is 0. The number of aromatic hydroxyl groups is 2. The summed E-state index contributed by atoms with van der Waals surface area (Å²) < 4.78 is 0. The molecule has 0 heterocycles. The molecule has 0 fully saturated rings. The predicted octanol–water partition coefficient (Wildman–Crippen LogP) is 3.33. The van der Waals surface area contributed by atoms with Crippen molar-refractivity contribution in [3.63, 3.8) is 0 Å². The Labute approximate surface area is 94.8 Å². The van der Waals surface area contributed by atoms with E-state index in [1.807, 2.05) is 25.1 Å². The molecule has 0 aliphatic heterocycles. The number of phenolic OH excluding ortho intramolecular Hbond substituents is 2. The van der Waals surface area contributed by atoms with Crippen molar-refractivity contribution in [3.05, 3.63) is 48.0 Å². The average Bonchev–Trinajstić information content (AvgIpc) is 2.31. The molecule has 0 saturated carbocycles. The van der Waals surface area contributed by atoms with Gasteiger partial charge in [-0.2, -0.15) is 0 Å². The van der Waals surface area contributed by atoms with E-state index >= 15 is 0 Å². The normalized spacial score (nSPS) is 10.3. The Balaban J connectivity index is 2.51. The molecule has 0 aliphatic rings. The zero-order valence-corrected chi connectivity index (χ0v) is 9.14. The maximum absolute atomic E-state index is 10.0. The molecule has 0 saturated heterocycles. The van der Waals surface area contributed by atoms with Crippen LogP contribution < -0.4 is 0 Å². The van der Waals surface area contributed by atoms with Gasteiger partial charge < -0.3 is 10.2 Å². The molecule has 0 unspecified atom stereocenters. The van der Waals surface area contributed by atoms with Gasteiger partial charge in [0.25, 0.3) is 0 Å². The number of para-hydroxylation sites is 1. The average molecular weight is 214 g/mol. The third-order valence-corrected chi connectivity index (χ3v) is 2.68. The zero-order valence-electron chi connectivity index (χ0n) is 9.14. The first-order valence-corrected chi connectivity index (χ1v) is 5.32. The quantitative estimate of drug-likeness (QED) is 0.805. The first kappa shape index (κ1) is 10.6.